The summed E-state index contributed by atoms with van der Waals surface area (Å²) in [5, 5.41) is 3.18. The Morgan fingerprint density at radius 2 is 2.28 bits per heavy atom. The number of rotatable bonds is 3. The van der Waals surface area contributed by atoms with Gasteiger partial charge in [0.25, 0.3) is 0 Å². The lowest BCUT2D eigenvalue weighted by Gasteiger charge is -2.34. The highest BCUT2D eigenvalue weighted by Crippen LogP contribution is 2.31. The number of amides is 1. The van der Waals surface area contributed by atoms with Gasteiger partial charge < -0.3 is 15.8 Å². The summed E-state index contributed by atoms with van der Waals surface area (Å²) in [6, 6.07) is 3.40. The number of nitrogens with two attached hydrogens (primary N) is 1. The zero-order chi connectivity index (χ0) is 13.0. The van der Waals surface area contributed by atoms with E-state index in [0.717, 1.165) is 0 Å². The molecule has 1 saturated heterocycles. The van der Waals surface area contributed by atoms with Crippen molar-refractivity contribution in [2.45, 2.75) is 12.8 Å². The molecule has 1 aliphatic heterocycles. The number of nitrogens with one attached hydrogen (secondary N) is 1. The Bertz CT molecular complexity index is 433. The summed E-state index contributed by atoms with van der Waals surface area (Å²) < 4.78 is 5.27. The van der Waals surface area contributed by atoms with Crippen LogP contribution in [0.15, 0.2) is 18.3 Å². The van der Waals surface area contributed by atoms with Crippen LogP contribution in [0.3, 0.4) is 0 Å². The van der Waals surface area contributed by atoms with Gasteiger partial charge in [-0.3, -0.25) is 4.79 Å². The summed E-state index contributed by atoms with van der Waals surface area (Å²) in [5.74, 6) is 0.248. The molecule has 2 rings (SSSR count). The maximum atomic E-state index is 12.3. The molecule has 5 nitrogen and oxygen atoms in total. The van der Waals surface area contributed by atoms with Gasteiger partial charge in [-0.25, -0.2) is 4.98 Å². The minimum absolute atomic E-state index is 0.131. The van der Waals surface area contributed by atoms with E-state index >= 15 is 0 Å². The molecule has 6 heteroatoms. The normalized spacial score (nSPS) is 18.3. The molecule has 1 fully saturated rings. The fraction of sp³-hybridized carbons (Fsp3) is 0.500. The van der Waals surface area contributed by atoms with E-state index in [4.69, 9.17) is 22.1 Å². The van der Waals surface area contributed by atoms with Crippen molar-refractivity contribution >= 4 is 23.3 Å². The molecule has 0 bridgehead atoms. The molecular weight excluding hydrogens is 254 g/mol. The highest BCUT2D eigenvalue weighted by Gasteiger charge is 2.39. The molecule has 1 aromatic heterocycles. The number of carbonyl (C=O) groups excluding carboxylic acids is 1. The lowest BCUT2D eigenvalue weighted by atomic mass is 9.79. The van der Waals surface area contributed by atoms with E-state index in [2.05, 4.69) is 10.3 Å². The number of anilines is 1. The van der Waals surface area contributed by atoms with Crippen molar-refractivity contribution in [2.75, 3.05) is 25.1 Å². The molecule has 0 aliphatic carbocycles. The number of hydrogen-bond donors (Lipinski definition) is 2. The van der Waals surface area contributed by atoms with Crippen molar-refractivity contribution in [1.82, 2.24) is 4.98 Å². The van der Waals surface area contributed by atoms with Gasteiger partial charge in [-0.1, -0.05) is 11.6 Å². The monoisotopic (exact) mass is 269 g/mol. The average molecular weight is 270 g/mol. The second-order valence-corrected chi connectivity index (χ2v) is 4.79. The van der Waals surface area contributed by atoms with Gasteiger partial charge in [0.1, 0.15) is 0 Å². The third-order valence-electron chi connectivity index (χ3n) is 3.31. The zero-order valence-corrected chi connectivity index (χ0v) is 10.7. The molecule has 0 saturated carbocycles. The quantitative estimate of drug-likeness (QED) is 0.870. The van der Waals surface area contributed by atoms with Crippen molar-refractivity contribution in [2.24, 2.45) is 11.1 Å². The van der Waals surface area contributed by atoms with E-state index in [1.165, 1.54) is 0 Å². The summed E-state index contributed by atoms with van der Waals surface area (Å²) in [5.41, 5.74) is 5.19. The lowest BCUT2D eigenvalue weighted by molar-refractivity contribution is -0.130. The topological polar surface area (TPSA) is 77.2 Å². The Labute approximate surface area is 111 Å². The number of carbonyl (C=O) groups is 1. The summed E-state index contributed by atoms with van der Waals surface area (Å²) in [4.78, 5) is 16.4. The van der Waals surface area contributed by atoms with Crippen LogP contribution in [0.1, 0.15) is 12.8 Å². The number of nitrogens with zero attached hydrogens (tertiary/aromatic N) is 1. The zero-order valence-electron chi connectivity index (χ0n) is 9.99. The van der Waals surface area contributed by atoms with E-state index in [1.54, 1.807) is 18.3 Å². The standard InChI is InChI=1S/C12H16ClN3O2/c13-9-2-1-5-15-10(9)16-11(17)12(8-14)3-6-18-7-4-12/h1-2,5H,3-4,6-8,14H2,(H,15,16,17). The third kappa shape index (κ3) is 2.63. The first-order chi connectivity index (χ1) is 8.68. The minimum atomic E-state index is -0.570. The van der Waals surface area contributed by atoms with Crippen molar-refractivity contribution in [3.63, 3.8) is 0 Å². The van der Waals surface area contributed by atoms with E-state index in [0.29, 0.717) is 43.4 Å². The van der Waals surface area contributed by atoms with Crippen LogP contribution in [-0.2, 0) is 9.53 Å². The minimum Gasteiger partial charge on any atom is -0.381 e. The van der Waals surface area contributed by atoms with Crippen LogP contribution in [-0.4, -0.2) is 30.6 Å². The van der Waals surface area contributed by atoms with Gasteiger partial charge in [0.05, 0.1) is 10.4 Å². The SMILES string of the molecule is NCC1(C(=O)Nc2ncccc2Cl)CCOCC1. The predicted molar refractivity (Wildman–Crippen MR) is 69.4 cm³/mol. The van der Waals surface area contributed by atoms with Crippen molar-refractivity contribution in [3.8, 4) is 0 Å². The Morgan fingerprint density at radius 3 is 2.89 bits per heavy atom. The Hall–Kier alpha value is -1.17. The van der Waals surface area contributed by atoms with Crippen LogP contribution in [0.2, 0.25) is 5.02 Å². The van der Waals surface area contributed by atoms with Gasteiger partial charge in [0.2, 0.25) is 5.91 Å². The first kappa shape index (κ1) is 13.3. The molecule has 1 aliphatic rings. The first-order valence-corrected chi connectivity index (χ1v) is 6.25. The number of hydrogen-bond acceptors (Lipinski definition) is 4. The summed E-state index contributed by atoms with van der Waals surface area (Å²) in [6.45, 7) is 1.41. The van der Waals surface area contributed by atoms with E-state index < -0.39 is 5.41 Å². The fourth-order valence-corrected chi connectivity index (χ4v) is 2.17. The maximum Gasteiger partial charge on any atom is 0.233 e. The first-order valence-electron chi connectivity index (χ1n) is 5.88. The van der Waals surface area contributed by atoms with Gasteiger partial charge >= 0.3 is 0 Å². The Morgan fingerprint density at radius 1 is 1.56 bits per heavy atom. The fourth-order valence-electron chi connectivity index (χ4n) is 2.00. The van der Waals surface area contributed by atoms with Gasteiger partial charge in [-0.2, -0.15) is 0 Å². The molecule has 0 aromatic carbocycles. The average Bonchev–Trinajstić information content (AvgIpc) is 2.42. The summed E-state index contributed by atoms with van der Waals surface area (Å²) in [7, 11) is 0. The molecule has 0 unspecified atom stereocenters. The van der Waals surface area contributed by atoms with Crippen LogP contribution in [0, 0.1) is 5.41 Å². The van der Waals surface area contributed by atoms with Gasteiger partial charge in [-0.05, 0) is 25.0 Å². The highest BCUT2D eigenvalue weighted by atomic mass is 35.5. The third-order valence-corrected chi connectivity index (χ3v) is 3.62. The van der Waals surface area contributed by atoms with Crippen molar-refractivity contribution < 1.29 is 9.53 Å². The molecule has 1 aromatic rings. The molecule has 0 radical (unpaired) electrons. The molecule has 0 spiro atoms. The van der Waals surface area contributed by atoms with Crippen LogP contribution >= 0.6 is 11.6 Å². The van der Waals surface area contributed by atoms with Crippen molar-refractivity contribution in [3.05, 3.63) is 23.4 Å². The number of ether oxygens (including phenoxy) is 1. The van der Waals surface area contributed by atoms with Crippen LogP contribution < -0.4 is 11.1 Å². The second kappa shape index (κ2) is 5.65. The predicted octanol–water partition coefficient (Wildman–Crippen LogP) is 1.43. The molecule has 1 amide bonds. The Balaban J connectivity index is 2.13. The largest absolute Gasteiger partial charge is 0.381 e. The molecule has 2 heterocycles. The number of aromatic nitrogens is 1. The van der Waals surface area contributed by atoms with E-state index in [1.807, 2.05) is 0 Å². The summed E-state index contributed by atoms with van der Waals surface area (Å²) in [6.07, 6.45) is 2.83. The Kier molecular flexibility index (Phi) is 4.16. The van der Waals surface area contributed by atoms with E-state index in [9.17, 15) is 4.79 Å². The highest BCUT2D eigenvalue weighted by molar-refractivity contribution is 6.33. The second-order valence-electron chi connectivity index (χ2n) is 4.38. The number of halogens is 1. The van der Waals surface area contributed by atoms with Crippen LogP contribution in [0.5, 0.6) is 0 Å². The molecular formula is C12H16ClN3O2. The van der Waals surface area contributed by atoms with Gasteiger partial charge in [0, 0.05) is 26.0 Å². The van der Waals surface area contributed by atoms with Crippen LogP contribution in [0.25, 0.3) is 0 Å². The number of pyridine rings is 1. The lowest BCUT2D eigenvalue weighted by Crippen LogP contribution is -2.46. The summed E-state index contributed by atoms with van der Waals surface area (Å²) >= 11 is 5.96. The molecule has 0 atom stereocenters. The van der Waals surface area contributed by atoms with Gasteiger partial charge in [-0.15, -0.1) is 0 Å². The van der Waals surface area contributed by atoms with E-state index in [-0.39, 0.29) is 5.91 Å². The molecule has 3 N–H and O–H groups in total. The molecule has 18 heavy (non-hydrogen) atoms. The maximum absolute atomic E-state index is 12.3. The van der Waals surface area contributed by atoms with Crippen molar-refractivity contribution in [1.29, 1.82) is 0 Å². The van der Waals surface area contributed by atoms with Crippen LogP contribution in [0.4, 0.5) is 5.82 Å². The molecule has 98 valence electrons. The smallest absolute Gasteiger partial charge is 0.233 e. The van der Waals surface area contributed by atoms with Gasteiger partial charge in [0.15, 0.2) is 5.82 Å².